The van der Waals surface area contributed by atoms with Crippen molar-refractivity contribution in [3.63, 3.8) is 0 Å². The van der Waals surface area contributed by atoms with Crippen LogP contribution in [0.15, 0.2) is 23.5 Å². The largest absolute Gasteiger partial charge is 0.274 e. The maximum Gasteiger partial charge on any atom is 0.246 e. The van der Waals surface area contributed by atoms with Crippen molar-refractivity contribution in [2.45, 2.75) is 50.1 Å². The van der Waals surface area contributed by atoms with Crippen molar-refractivity contribution >= 4 is 21.6 Å². The molecule has 2 aromatic heterocycles. The van der Waals surface area contributed by atoms with Crippen molar-refractivity contribution in [2.24, 2.45) is 7.05 Å². The van der Waals surface area contributed by atoms with E-state index in [0.717, 1.165) is 25.7 Å². The first-order valence-electron chi connectivity index (χ1n) is 8.17. The minimum absolute atomic E-state index is 0.225. The SMILES string of the molecule is CCn1cc(S(=O)(=O)N2CCCCCC2c2nn(C)cc2Cl)cn1. The third-order valence-corrected chi connectivity index (χ3v) is 6.52. The number of aryl methyl sites for hydroxylation is 2. The maximum absolute atomic E-state index is 13.2. The smallest absolute Gasteiger partial charge is 0.246 e. The van der Waals surface area contributed by atoms with Gasteiger partial charge < -0.3 is 0 Å². The van der Waals surface area contributed by atoms with Crippen LogP contribution in [-0.2, 0) is 23.6 Å². The molecule has 0 saturated carbocycles. The third-order valence-electron chi connectivity index (χ3n) is 4.37. The van der Waals surface area contributed by atoms with Gasteiger partial charge in [0.15, 0.2) is 0 Å². The van der Waals surface area contributed by atoms with Crippen molar-refractivity contribution in [3.8, 4) is 0 Å². The lowest BCUT2D eigenvalue weighted by molar-refractivity contribution is 0.321. The summed E-state index contributed by atoms with van der Waals surface area (Å²) >= 11 is 6.30. The van der Waals surface area contributed by atoms with Crippen LogP contribution < -0.4 is 0 Å². The maximum atomic E-state index is 13.2. The lowest BCUT2D eigenvalue weighted by Gasteiger charge is -2.27. The van der Waals surface area contributed by atoms with E-state index in [2.05, 4.69) is 10.2 Å². The van der Waals surface area contributed by atoms with E-state index in [9.17, 15) is 8.42 Å². The Morgan fingerprint density at radius 3 is 2.71 bits per heavy atom. The summed E-state index contributed by atoms with van der Waals surface area (Å²) in [7, 11) is -1.85. The van der Waals surface area contributed by atoms with Crippen LogP contribution in [0.5, 0.6) is 0 Å². The molecule has 0 spiro atoms. The predicted octanol–water partition coefficient (Wildman–Crippen LogP) is 2.60. The van der Waals surface area contributed by atoms with Crippen LogP contribution in [0.25, 0.3) is 0 Å². The number of hydrogen-bond acceptors (Lipinski definition) is 4. The second-order valence-electron chi connectivity index (χ2n) is 6.05. The standard InChI is InChI=1S/C15H22ClN5O2S/c1-3-20-10-12(9-17-20)24(22,23)21-8-6-4-5-7-14(21)15-13(16)11-19(2)18-15/h9-11,14H,3-8H2,1-2H3. The van der Waals surface area contributed by atoms with E-state index in [1.807, 2.05) is 6.92 Å². The van der Waals surface area contributed by atoms with Gasteiger partial charge >= 0.3 is 0 Å². The highest BCUT2D eigenvalue weighted by Crippen LogP contribution is 2.36. The summed E-state index contributed by atoms with van der Waals surface area (Å²) in [5.74, 6) is 0. The lowest BCUT2D eigenvalue weighted by Crippen LogP contribution is -2.35. The molecule has 1 aliphatic heterocycles. The molecule has 9 heteroatoms. The van der Waals surface area contributed by atoms with Gasteiger partial charge in [0.2, 0.25) is 10.0 Å². The monoisotopic (exact) mass is 371 g/mol. The van der Waals surface area contributed by atoms with E-state index in [1.165, 1.54) is 6.20 Å². The summed E-state index contributed by atoms with van der Waals surface area (Å²) in [5.41, 5.74) is 0.632. The molecule has 2 aromatic rings. The van der Waals surface area contributed by atoms with Crippen molar-refractivity contribution in [1.29, 1.82) is 0 Å². The molecule has 24 heavy (non-hydrogen) atoms. The first-order valence-corrected chi connectivity index (χ1v) is 9.98. The zero-order valence-electron chi connectivity index (χ0n) is 13.9. The zero-order chi connectivity index (χ0) is 17.3. The number of halogens is 1. The van der Waals surface area contributed by atoms with E-state index < -0.39 is 10.0 Å². The molecule has 1 fully saturated rings. The minimum Gasteiger partial charge on any atom is -0.274 e. The summed E-state index contributed by atoms with van der Waals surface area (Å²) < 4.78 is 31.1. The predicted molar refractivity (Wildman–Crippen MR) is 91.2 cm³/mol. The number of aromatic nitrogens is 4. The van der Waals surface area contributed by atoms with E-state index >= 15 is 0 Å². The minimum atomic E-state index is -3.64. The van der Waals surface area contributed by atoms with Crippen molar-refractivity contribution in [2.75, 3.05) is 6.54 Å². The molecule has 1 aliphatic rings. The van der Waals surface area contributed by atoms with Gasteiger partial charge in [-0.05, 0) is 19.8 Å². The molecular weight excluding hydrogens is 350 g/mol. The molecule has 1 saturated heterocycles. The molecule has 3 heterocycles. The van der Waals surface area contributed by atoms with Gasteiger partial charge in [0.05, 0.1) is 23.0 Å². The van der Waals surface area contributed by atoms with E-state index in [1.54, 1.807) is 33.1 Å². The van der Waals surface area contributed by atoms with Crippen LogP contribution in [0, 0.1) is 0 Å². The lowest BCUT2D eigenvalue weighted by atomic mass is 10.1. The molecular formula is C15H22ClN5O2S. The second kappa shape index (κ2) is 6.85. The summed E-state index contributed by atoms with van der Waals surface area (Å²) in [4.78, 5) is 0.225. The van der Waals surface area contributed by atoms with Gasteiger partial charge in [-0.25, -0.2) is 8.42 Å². The molecule has 0 radical (unpaired) electrons. The van der Waals surface area contributed by atoms with E-state index in [0.29, 0.717) is 23.8 Å². The quantitative estimate of drug-likeness (QED) is 0.828. The Bertz CT molecular complexity index is 814. The highest BCUT2D eigenvalue weighted by atomic mass is 35.5. The number of rotatable bonds is 4. The molecule has 0 amide bonds. The van der Waals surface area contributed by atoms with Gasteiger partial charge in [-0.1, -0.05) is 24.4 Å². The molecule has 3 rings (SSSR count). The van der Waals surface area contributed by atoms with E-state index in [4.69, 9.17) is 11.6 Å². The molecule has 132 valence electrons. The molecule has 1 atom stereocenters. The fourth-order valence-electron chi connectivity index (χ4n) is 3.13. The highest BCUT2D eigenvalue weighted by molar-refractivity contribution is 7.89. The normalized spacial score (nSPS) is 20.2. The summed E-state index contributed by atoms with van der Waals surface area (Å²) in [6, 6.07) is -0.337. The topological polar surface area (TPSA) is 73.0 Å². The highest BCUT2D eigenvalue weighted by Gasteiger charge is 2.36. The Morgan fingerprint density at radius 1 is 1.29 bits per heavy atom. The molecule has 0 aliphatic carbocycles. The number of nitrogens with zero attached hydrogens (tertiary/aromatic N) is 5. The molecule has 7 nitrogen and oxygen atoms in total. The zero-order valence-corrected chi connectivity index (χ0v) is 15.5. The Hall–Kier alpha value is -1.38. The second-order valence-corrected chi connectivity index (χ2v) is 8.35. The number of hydrogen-bond donors (Lipinski definition) is 0. The Morgan fingerprint density at radius 2 is 2.08 bits per heavy atom. The first kappa shape index (κ1) is 17.4. The molecule has 0 N–H and O–H groups in total. The van der Waals surface area contributed by atoms with Crippen molar-refractivity contribution < 1.29 is 8.42 Å². The van der Waals surface area contributed by atoms with Gasteiger partial charge in [-0.3, -0.25) is 9.36 Å². The number of sulfonamides is 1. The van der Waals surface area contributed by atoms with Crippen LogP contribution in [0.1, 0.15) is 44.3 Å². The van der Waals surface area contributed by atoms with Crippen LogP contribution in [0.4, 0.5) is 0 Å². The van der Waals surface area contributed by atoms with Crippen molar-refractivity contribution in [3.05, 3.63) is 29.3 Å². The molecule has 1 unspecified atom stereocenters. The van der Waals surface area contributed by atoms with Gasteiger partial charge in [-0.15, -0.1) is 0 Å². The van der Waals surface area contributed by atoms with Crippen molar-refractivity contribution in [1.82, 2.24) is 23.9 Å². The Labute approximate surface area is 147 Å². The Balaban J connectivity index is 2.02. The van der Waals surface area contributed by atoms with E-state index in [-0.39, 0.29) is 10.9 Å². The average molecular weight is 372 g/mol. The summed E-state index contributed by atoms with van der Waals surface area (Å²) in [5, 5.41) is 9.02. The van der Waals surface area contributed by atoms with Gasteiger partial charge in [0.1, 0.15) is 4.90 Å². The van der Waals surface area contributed by atoms with Crippen LogP contribution in [-0.4, -0.2) is 38.8 Å². The molecule has 0 bridgehead atoms. The summed E-state index contributed by atoms with van der Waals surface area (Å²) in [6.45, 7) is 3.02. The fraction of sp³-hybridized carbons (Fsp3) is 0.600. The average Bonchev–Trinajstić information content (AvgIpc) is 3.06. The van der Waals surface area contributed by atoms with Crippen LogP contribution >= 0.6 is 11.6 Å². The van der Waals surface area contributed by atoms with Crippen LogP contribution in [0.3, 0.4) is 0 Å². The van der Waals surface area contributed by atoms with Gasteiger partial charge in [0, 0.05) is 32.5 Å². The first-order chi connectivity index (χ1) is 11.4. The van der Waals surface area contributed by atoms with Gasteiger partial charge in [-0.2, -0.15) is 14.5 Å². The fourth-order valence-corrected chi connectivity index (χ4v) is 5.05. The third kappa shape index (κ3) is 3.22. The Kier molecular flexibility index (Phi) is 4.98. The summed E-state index contributed by atoms with van der Waals surface area (Å²) in [6.07, 6.45) is 8.22. The van der Waals surface area contributed by atoms with Gasteiger partial charge in [0.25, 0.3) is 0 Å². The van der Waals surface area contributed by atoms with Crippen LogP contribution in [0.2, 0.25) is 5.02 Å². The molecule has 0 aromatic carbocycles.